The lowest BCUT2D eigenvalue weighted by Crippen LogP contribution is -2.43. The fraction of sp³-hybridized carbons (Fsp3) is 0.0769. The summed E-state index contributed by atoms with van der Waals surface area (Å²) in [5.74, 6) is 0.123. The molecule has 4 rings (SSSR count). The minimum Gasteiger partial charge on any atom is -0.496 e. The highest BCUT2D eigenvalue weighted by atomic mass is 16.5. The number of hydrogen-bond donors (Lipinski definition) is 2. The molecular weight excluding hydrogens is 388 g/mol. The van der Waals surface area contributed by atoms with Gasteiger partial charge in [-0.25, -0.2) is 5.43 Å². The summed E-state index contributed by atoms with van der Waals surface area (Å²) in [4.78, 5) is 13.1. The van der Waals surface area contributed by atoms with Crippen molar-refractivity contribution in [3.8, 4) is 5.75 Å². The van der Waals surface area contributed by atoms with Crippen LogP contribution in [0.3, 0.4) is 0 Å². The second kappa shape index (κ2) is 8.81. The van der Waals surface area contributed by atoms with E-state index < -0.39 is 11.5 Å². The van der Waals surface area contributed by atoms with Crippen LogP contribution in [0.15, 0.2) is 102 Å². The van der Waals surface area contributed by atoms with Crippen LogP contribution in [0.25, 0.3) is 10.8 Å². The molecule has 0 aliphatic heterocycles. The van der Waals surface area contributed by atoms with Gasteiger partial charge in [-0.2, -0.15) is 5.10 Å². The van der Waals surface area contributed by atoms with Crippen LogP contribution in [0.2, 0.25) is 0 Å². The number of carbonyl (C=O) groups is 1. The Bertz CT molecular complexity index is 1180. The molecule has 154 valence electrons. The SMILES string of the molecule is COc1ccc(C=NNC(=O)C(O)(c2ccccc2)c2ccccc2)c2ccccc12. The zero-order valence-electron chi connectivity index (χ0n) is 17.0. The van der Waals surface area contributed by atoms with Crippen LogP contribution < -0.4 is 10.2 Å². The summed E-state index contributed by atoms with van der Waals surface area (Å²) in [5.41, 5.74) is 2.38. The van der Waals surface area contributed by atoms with Crippen LogP contribution in [0.1, 0.15) is 16.7 Å². The number of amides is 1. The van der Waals surface area contributed by atoms with E-state index >= 15 is 0 Å². The Morgan fingerprint density at radius 3 is 1.97 bits per heavy atom. The van der Waals surface area contributed by atoms with Gasteiger partial charge in [0.2, 0.25) is 0 Å². The third-order valence-corrected chi connectivity index (χ3v) is 5.22. The van der Waals surface area contributed by atoms with Gasteiger partial charge < -0.3 is 9.84 Å². The number of methoxy groups -OCH3 is 1. The zero-order chi connectivity index (χ0) is 21.7. The summed E-state index contributed by atoms with van der Waals surface area (Å²) in [5, 5.41) is 17.5. The van der Waals surface area contributed by atoms with E-state index in [0.29, 0.717) is 11.1 Å². The molecule has 0 fully saturated rings. The summed E-state index contributed by atoms with van der Waals surface area (Å²) >= 11 is 0. The molecule has 0 heterocycles. The third kappa shape index (κ3) is 3.91. The van der Waals surface area contributed by atoms with Crippen molar-refractivity contribution in [2.24, 2.45) is 5.10 Å². The predicted octanol–water partition coefficient (Wildman–Crippen LogP) is 4.23. The number of nitrogens with one attached hydrogen (secondary N) is 1. The molecule has 0 spiro atoms. The largest absolute Gasteiger partial charge is 0.496 e. The minimum absolute atomic E-state index is 0.462. The highest BCUT2D eigenvalue weighted by Gasteiger charge is 2.39. The normalized spacial score (nSPS) is 11.5. The molecule has 0 atom stereocenters. The van der Waals surface area contributed by atoms with E-state index in [2.05, 4.69) is 10.5 Å². The number of nitrogens with zero attached hydrogens (tertiary/aromatic N) is 1. The van der Waals surface area contributed by atoms with Gasteiger partial charge in [0.1, 0.15) is 5.75 Å². The van der Waals surface area contributed by atoms with Crippen molar-refractivity contribution >= 4 is 22.9 Å². The molecule has 0 aliphatic carbocycles. The second-order valence-electron chi connectivity index (χ2n) is 7.04. The Hall–Kier alpha value is -3.96. The molecular formula is C26H22N2O3. The van der Waals surface area contributed by atoms with E-state index in [1.165, 1.54) is 0 Å². The van der Waals surface area contributed by atoms with Crippen LogP contribution in [0, 0.1) is 0 Å². The van der Waals surface area contributed by atoms with Gasteiger partial charge in [-0.3, -0.25) is 4.79 Å². The first-order valence-corrected chi connectivity index (χ1v) is 9.87. The standard InChI is InChI=1S/C26H22N2O3/c1-31-24-17-16-19(22-14-8-9-15-23(22)24)18-27-28-25(29)26(30,20-10-4-2-5-11-20)21-12-6-3-7-13-21/h2-18,30H,1H3,(H,28,29). The Kier molecular flexibility index (Phi) is 5.78. The summed E-state index contributed by atoms with van der Waals surface area (Å²) in [7, 11) is 1.63. The van der Waals surface area contributed by atoms with Crippen LogP contribution in [-0.4, -0.2) is 24.3 Å². The van der Waals surface area contributed by atoms with Crippen molar-refractivity contribution in [2.45, 2.75) is 5.60 Å². The lowest BCUT2D eigenvalue weighted by molar-refractivity contribution is -0.136. The van der Waals surface area contributed by atoms with Gasteiger partial charge in [0.15, 0.2) is 5.60 Å². The minimum atomic E-state index is -1.87. The maximum absolute atomic E-state index is 13.1. The van der Waals surface area contributed by atoms with E-state index in [4.69, 9.17) is 4.74 Å². The Labute approximate surface area is 180 Å². The Morgan fingerprint density at radius 2 is 1.39 bits per heavy atom. The number of benzene rings is 4. The maximum Gasteiger partial charge on any atom is 0.281 e. The number of carbonyl (C=O) groups excluding carboxylic acids is 1. The first-order chi connectivity index (χ1) is 15.1. The summed E-state index contributed by atoms with van der Waals surface area (Å²) in [6.45, 7) is 0. The average molecular weight is 410 g/mol. The first-order valence-electron chi connectivity index (χ1n) is 9.87. The number of hydrazone groups is 1. The van der Waals surface area contributed by atoms with Crippen LogP contribution in [0.4, 0.5) is 0 Å². The van der Waals surface area contributed by atoms with Gasteiger partial charge >= 0.3 is 0 Å². The molecule has 0 unspecified atom stereocenters. The highest BCUT2D eigenvalue weighted by Crippen LogP contribution is 2.30. The van der Waals surface area contributed by atoms with Crippen LogP contribution in [-0.2, 0) is 10.4 Å². The molecule has 2 N–H and O–H groups in total. The predicted molar refractivity (Wildman–Crippen MR) is 122 cm³/mol. The molecule has 0 aromatic heterocycles. The highest BCUT2D eigenvalue weighted by molar-refractivity contribution is 6.02. The zero-order valence-corrected chi connectivity index (χ0v) is 17.0. The summed E-state index contributed by atoms with van der Waals surface area (Å²) in [6.07, 6.45) is 1.57. The topological polar surface area (TPSA) is 70.9 Å². The fourth-order valence-electron chi connectivity index (χ4n) is 3.61. The van der Waals surface area contributed by atoms with Crippen molar-refractivity contribution in [3.05, 3.63) is 114 Å². The van der Waals surface area contributed by atoms with Gasteiger partial charge in [0.05, 0.1) is 13.3 Å². The van der Waals surface area contributed by atoms with Crippen molar-refractivity contribution in [3.63, 3.8) is 0 Å². The molecule has 5 heteroatoms. The average Bonchev–Trinajstić information content (AvgIpc) is 2.84. The number of rotatable bonds is 6. The maximum atomic E-state index is 13.1. The molecule has 0 saturated heterocycles. The summed E-state index contributed by atoms with van der Waals surface area (Å²) in [6, 6.07) is 29.2. The third-order valence-electron chi connectivity index (χ3n) is 5.22. The van der Waals surface area contributed by atoms with E-state index in [9.17, 15) is 9.90 Å². The van der Waals surface area contributed by atoms with E-state index in [-0.39, 0.29) is 0 Å². The molecule has 0 saturated carbocycles. The van der Waals surface area contributed by atoms with Gasteiger partial charge in [0, 0.05) is 10.9 Å². The number of ether oxygens (including phenoxy) is 1. The molecule has 0 aliphatic rings. The van der Waals surface area contributed by atoms with Gasteiger partial charge in [0.25, 0.3) is 5.91 Å². The van der Waals surface area contributed by atoms with Crippen molar-refractivity contribution < 1.29 is 14.6 Å². The van der Waals surface area contributed by atoms with E-state index in [1.807, 2.05) is 48.5 Å². The number of hydrogen-bond acceptors (Lipinski definition) is 4. The molecule has 1 amide bonds. The first kappa shape index (κ1) is 20.3. The lowest BCUT2D eigenvalue weighted by atomic mass is 9.85. The van der Waals surface area contributed by atoms with E-state index in [1.54, 1.807) is 61.9 Å². The van der Waals surface area contributed by atoms with Gasteiger partial charge in [-0.1, -0.05) is 84.9 Å². The number of aliphatic hydroxyl groups is 1. The van der Waals surface area contributed by atoms with Crippen LogP contribution >= 0.6 is 0 Å². The Balaban J connectivity index is 1.65. The second-order valence-corrected chi connectivity index (χ2v) is 7.04. The quantitative estimate of drug-likeness (QED) is 0.369. The molecule has 5 nitrogen and oxygen atoms in total. The molecule has 0 bridgehead atoms. The lowest BCUT2D eigenvalue weighted by Gasteiger charge is -2.27. The van der Waals surface area contributed by atoms with Crippen molar-refractivity contribution in [2.75, 3.05) is 7.11 Å². The van der Waals surface area contributed by atoms with E-state index in [0.717, 1.165) is 22.1 Å². The van der Waals surface area contributed by atoms with Crippen LogP contribution in [0.5, 0.6) is 5.75 Å². The smallest absolute Gasteiger partial charge is 0.281 e. The Morgan fingerprint density at radius 1 is 0.839 bits per heavy atom. The van der Waals surface area contributed by atoms with Gasteiger partial charge in [-0.05, 0) is 28.6 Å². The monoisotopic (exact) mass is 410 g/mol. The fourth-order valence-corrected chi connectivity index (χ4v) is 3.61. The number of fused-ring (bicyclic) bond motifs is 1. The molecule has 31 heavy (non-hydrogen) atoms. The van der Waals surface area contributed by atoms with Crippen molar-refractivity contribution in [1.29, 1.82) is 0 Å². The molecule has 4 aromatic rings. The molecule has 0 radical (unpaired) electrons. The van der Waals surface area contributed by atoms with Crippen molar-refractivity contribution in [1.82, 2.24) is 5.43 Å². The molecule has 4 aromatic carbocycles. The summed E-state index contributed by atoms with van der Waals surface area (Å²) < 4.78 is 5.42. The van der Waals surface area contributed by atoms with Gasteiger partial charge in [-0.15, -0.1) is 0 Å².